The molecule has 8 aromatic carbocycles. The van der Waals surface area contributed by atoms with Gasteiger partial charge in [-0.2, -0.15) is 0 Å². The summed E-state index contributed by atoms with van der Waals surface area (Å²) >= 11 is 1.87. The van der Waals surface area contributed by atoms with Crippen molar-refractivity contribution in [3.8, 4) is 33.4 Å². The van der Waals surface area contributed by atoms with Gasteiger partial charge in [-0.1, -0.05) is 137 Å². The van der Waals surface area contributed by atoms with Crippen molar-refractivity contribution in [1.29, 1.82) is 0 Å². The maximum atomic E-state index is 2.46. The molecular weight excluding hydrogens is 671 g/mol. The minimum Gasteiger partial charge on any atom is -0.310 e. The maximum Gasteiger partial charge on any atom is 0.0468 e. The van der Waals surface area contributed by atoms with Crippen LogP contribution in [0.15, 0.2) is 170 Å². The normalized spacial score (nSPS) is 13.1. The topological polar surface area (TPSA) is 3.24 Å². The van der Waals surface area contributed by atoms with Gasteiger partial charge < -0.3 is 4.90 Å². The van der Waals surface area contributed by atoms with Crippen LogP contribution in [0.2, 0.25) is 0 Å². The highest BCUT2D eigenvalue weighted by Gasteiger charge is 2.37. The summed E-state index contributed by atoms with van der Waals surface area (Å²) in [6.07, 6.45) is 0. The fourth-order valence-corrected chi connectivity index (χ4v) is 9.94. The first-order valence-corrected chi connectivity index (χ1v) is 19.9. The third-order valence-electron chi connectivity index (χ3n) is 11.6. The lowest BCUT2D eigenvalue weighted by Crippen LogP contribution is -2.16. The monoisotopic (exact) mass is 711 g/mol. The molecular formula is C52H41NS. The molecule has 0 amide bonds. The molecule has 0 fully saturated rings. The average molecular weight is 712 g/mol. The van der Waals surface area contributed by atoms with E-state index in [2.05, 4.69) is 202 Å². The molecule has 2 heteroatoms. The van der Waals surface area contributed by atoms with E-state index in [0.29, 0.717) is 5.92 Å². The van der Waals surface area contributed by atoms with E-state index in [1.807, 2.05) is 11.3 Å². The number of hydrogen-bond donors (Lipinski definition) is 0. The predicted molar refractivity (Wildman–Crippen MR) is 234 cm³/mol. The van der Waals surface area contributed by atoms with Crippen LogP contribution >= 0.6 is 11.3 Å². The Morgan fingerprint density at radius 1 is 0.463 bits per heavy atom. The molecule has 54 heavy (non-hydrogen) atoms. The standard InChI is InChI=1S/C52H41NS/c1-33(2)41-18-12-19-47-51(41)43-27-25-40(32-48(43)52(47,3)4)53(39-26-28-50-46(31-39)42-17-10-11-20-49(42)54-50)38-23-21-35(22-24-38)45-30-37-16-9-8-15-36(37)29-44(45)34-13-6-5-7-14-34/h5-33H,1-4H3. The van der Waals surface area contributed by atoms with Gasteiger partial charge in [0, 0.05) is 42.6 Å². The number of nitrogens with zero attached hydrogens (tertiary/aromatic N) is 1. The summed E-state index contributed by atoms with van der Waals surface area (Å²) in [7, 11) is 0. The van der Waals surface area contributed by atoms with Crippen molar-refractivity contribution in [2.75, 3.05) is 4.90 Å². The predicted octanol–water partition coefficient (Wildman–Crippen LogP) is 15.4. The van der Waals surface area contributed by atoms with Crippen LogP contribution in [0, 0.1) is 0 Å². The maximum absolute atomic E-state index is 2.46. The highest BCUT2D eigenvalue weighted by atomic mass is 32.1. The second-order valence-corrected chi connectivity index (χ2v) is 16.6. The summed E-state index contributed by atoms with van der Waals surface area (Å²) in [5, 5.41) is 5.11. The fourth-order valence-electron chi connectivity index (χ4n) is 8.85. The number of thiophene rings is 1. The molecule has 0 bridgehead atoms. The van der Waals surface area contributed by atoms with Crippen molar-refractivity contribution in [3.05, 3.63) is 187 Å². The Morgan fingerprint density at radius 3 is 1.81 bits per heavy atom. The van der Waals surface area contributed by atoms with E-state index in [-0.39, 0.29) is 5.41 Å². The summed E-state index contributed by atoms with van der Waals surface area (Å²) < 4.78 is 2.63. The van der Waals surface area contributed by atoms with E-state index in [1.54, 1.807) is 0 Å². The minimum absolute atomic E-state index is 0.113. The van der Waals surface area contributed by atoms with E-state index in [1.165, 1.54) is 86.7 Å². The molecule has 0 radical (unpaired) electrons. The van der Waals surface area contributed by atoms with Gasteiger partial charge in [0.05, 0.1) is 0 Å². The summed E-state index contributed by atoms with van der Waals surface area (Å²) in [5.41, 5.74) is 15.3. The van der Waals surface area contributed by atoms with Crippen LogP contribution in [0.3, 0.4) is 0 Å². The van der Waals surface area contributed by atoms with E-state index in [0.717, 1.165) is 11.4 Å². The lowest BCUT2D eigenvalue weighted by Gasteiger charge is -2.28. The largest absolute Gasteiger partial charge is 0.310 e. The summed E-state index contributed by atoms with van der Waals surface area (Å²) in [4.78, 5) is 2.46. The van der Waals surface area contributed by atoms with Crippen LogP contribution in [0.5, 0.6) is 0 Å². The lowest BCUT2D eigenvalue weighted by atomic mass is 9.81. The molecule has 0 saturated carbocycles. The van der Waals surface area contributed by atoms with Gasteiger partial charge in [-0.05, 0) is 127 Å². The van der Waals surface area contributed by atoms with Crippen LogP contribution in [-0.2, 0) is 5.41 Å². The number of benzene rings is 8. The van der Waals surface area contributed by atoms with Crippen LogP contribution < -0.4 is 4.90 Å². The molecule has 0 atom stereocenters. The van der Waals surface area contributed by atoms with Gasteiger partial charge in [0.1, 0.15) is 0 Å². The third kappa shape index (κ3) is 5.20. The van der Waals surface area contributed by atoms with Crippen molar-refractivity contribution in [2.24, 2.45) is 0 Å². The van der Waals surface area contributed by atoms with Crippen LogP contribution in [0.4, 0.5) is 17.1 Å². The number of anilines is 3. The Hall–Kier alpha value is -5.96. The lowest BCUT2D eigenvalue weighted by molar-refractivity contribution is 0.659. The molecule has 0 aliphatic heterocycles. The zero-order valence-electron chi connectivity index (χ0n) is 31.1. The Kier molecular flexibility index (Phi) is 7.61. The van der Waals surface area contributed by atoms with Crippen molar-refractivity contribution in [3.63, 3.8) is 0 Å². The second-order valence-electron chi connectivity index (χ2n) is 15.6. The zero-order chi connectivity index (χ0) is 36.6. The number of hydrogen-bond acceptors (Lipinski definition) is 2. The van der Waals surface area contributed by atoms with Crippen LogP contribution in [0.1, 0.15) is 50.3 Å². The summed E-state index contributed by atoms with van der Waals surface area (Å²) in [6.45, 7) is 9.40. The first-order chi connectivity index (χ1) is 26.3. The third-order valence-corrected chi connectivity index (χ3v) is 12.8. The second kappa shape index (κ2) is 12.6. The first kappa shape index (κ1) is 32.7. The Labute approximate surface area is 321 Å². The minimum atomic E-state index is -0.113. The molecule has 0 spiro atoms. The van der Waals surface area contributed by atoms with E-state index in [9.17, 15) is 0 Å². The highest BCUT2D eigenvalue weighted by molar-refractivity contribution is 7.25. The molecule has 0 unspecified atom stereocenters. The SMILES string of the molecule is CC(C)c1cccc2c1-c1ccc(N(c3ccc(-c4cc5ccccc5cc4-c4ccccc4)cc3)c3ccc4sc5ccccc5c4c3)cc1C2(C)C. The van der Waals surface area contributed by atoms with Gasteiger partial charge in [-0.15, -0.1) is 11.3 Å². The van der Waals surface area contributed by atoms with E-state index in [4.69, 9.17) is 0 Å². The molecule has 1 nitrogen and oxygen atoms in total. The van der Waals surface area contributed by atoms with Gasteiger partial charge in [0.15, 0.2) is 0 Å². The van der Waals surface area contributed by atoms with Crippen LogP contribution in [0.25, 0.3) is 64.3 Å². The molecule has 9 aromatic rings. The Balaban J connectivity index is 1.15. The number of rotatable bonds is 6. The van der Waals surface area contributed by atoms with Gasteiger partial charge >= 0.3 is 0 Å². The zero-order valence-corrected chi connectivity index (χ0v) is 31.9. The number of fused-ring (bicyclic) bond motifs is 7. The average Bonchev–Trinajstić information content (AvgIpc) is 3.69. The fraction of sp³-hybridized carbons (Fsp3) is 0.115. The molecule has 260 valence electrons. The molecule has 0 N–H and O–H groups in total. The molecule has 1 aliphatic rings. The molecule has 0 saturated heterocycles. The van der Waals surface area contributed by atoms with Crippen molar-refractivity contribution in [2.45, 2.75) is 39.0 Å². The highest BCUT2D eigenvalue weighted by Crippen LogP contribution is 2.53. The van der Waals surface area contributed by atoms with Gasteiger partial charge in [-0.25, -0.2) is 0 Å². The first-order valence-electron chi connectivity index (χ1n) is 19.0. The van der Waals surface area contributed by atoms with Crippen LogP contribution in [-0.4, -0.2) is 0 Å². The van der Waals surface area contributed by atoms with Crippen molar-refractivity contribution in [1.82, 2.24) is 0 Å². The Bertz CT molecular complexity index is 2880. The molecule has 1 aromatic heterocycles. The van der Waals surface area contributed by atoms with Gasteiger partial charge in [0.2, 0.25) is 0 Å². The van der Waals surface area contributed by atoms with Crippen molar-refractivity contribution >= 4 is 59.3 Å². The summed E-state index contributed by atoms with van der Waals surface area (Å²) in [6, 6.07) is 63.2. The molecule has 1 heterocycles. The smallest absolute Gasteiger partial charge is 0.0468 e. The molecule has 1 aliphatic carbocycles. The van der Waals surface area contributed by atoms with Gasteiger partial charge in [-0.3, -0.25) is 0 Å². The quantitative estimate of drug-likeness (QED) is 0.166. The van der Waals surface area contributed by atoms with E-state index < -0.39 is 0 Å². The van der Waals surface area contributed by atoms with Gasteiger partial charge in [0.25, 0.3) is 0 Å². The molecule has 10 rings (SSSR count). The van der Waals surface area contributed by atoms with Crippen molar-refractivity contribution < 1.29 is 0 Å². The van der Waals surface area contributed by atoms with E-state index >= 15 is 0 Å². The summed E-state index contributed by atoms with van der Waals surface area (Å²) in [5.74, 6) is 0.452. The Morgan fingerprint density at radius 2 is 1.07 bits per heavy atom.